The summed E-state index contributed by atoms with van der Waals surface area (Å²) < 4.78 is 0. The van der Waals surface area contributed by atoms with E-state index in [1.807, 2.05) is 10.3 Å². The summed E-state index contributed by atoms with van der Waals surface area (Å²) in [7, 11) is 0. The molecule has 3 aliphatic rings. The van der Waals surface area contributed by atoms with Gasteiger partial charge in [-0.1, -0.05) is 20.8 Å². The summed E-state index contributed by atoms with van der Waals surface area (Å²) in [6, 6.07) is 0.587. The fourth-order valence-corrected chi connectivity index (χ4v) is 7.27. The molecule has 2 amide bonds. The van der Waals surface area contributed by atoms with Crippen molar-refractivity contribution in [3.63, 3.8) is 0 Å². The zero-order valence-corrected chi connectivity index (χ0v) is 24.2. The normalized spacial score (nSPS) is 21.1. The average molecular weight is 564 g/mol. The first-order valence-corrected chi connectivity index (χ1v) is 15.0. The van der Waals surface area contributed by atoms with Crippen LogP contribution in [0.2, 0.25) is 0 Å². The Morgan fingerprint density at radius 2 is 1.98 bits per heavy atom. The van der Waals surface area contributed by atoms with E-state index in [9.17, 15) is 9.59 Å². The SMILES string of the molecule is CC1CCCN(C2CCN(C(=O)Cc3csc(NC(=O)c4[nH]nc5c4C(C)(C)Cc4cnc(N)nc4-5)n3)CC2)C1. The second-order valence-corrected chi connectivity index (χ2v) is 13.0. The van der Waals surface area contributed by atoms with Crippen LogP contribution in [0.25, 0.3) is 11.4 Å². The Hall–Kier alpha value is -3.38. The number of carbonyl (C=O) groups is 2. The molecule has 0 aromatic carbocycles. The van der Waals surface area contributed by atoms with E-state index in [1.165, 1.54) is 37.3 Å². The molecule has 40 heavy (non-hydrogen) atoms. The van der Waals surface area contributed by atoms with Gasteiger partial charge in [0.05, 0.1) is 17.8 Å². The number of likely N-dealkylation sites (tertiary alicyclic amines) is 2. The highest BCUT2D eigenvalue weighted by Crippen LogP contribution is 2.42. The predicted molar refractivity (Wildman–Crippen MR) is 154 cm³/mol. The lowest BCUT2D eigenvalue weighted by Crippen LogP contribution is -2.49. The van der Waals surface area contributed by atoms with E-state index >= 15 is 0 Å². The third-order valence-corrected chi connectivity index (χ3v) is 9.34. The van der Waals surface area contributed by atoms with Gasteiger partial charge in [-0.05, 0) is 55.5 Å². The molecule has 11 nitrogen and oxygen atoms in total. The third kappa shape index (κ3) is 5.22. The van der Waals surface area contributed by atoms with Crippen molar-refractivity contribution in [2.24, 2.45) is 5.92 Å². The van der Waals surface area contributed by atoms with E-state index in [0.717, 1.165) is 43.0 Å². The van der Waals surface area contributed by atoms with Crippen LogP contribution in [-0.2, 0) is 23.1 Å². The summed E-state index contributed by atoms with van der Waals surface area (Å²) in [5, 5.41) is 12.5. The number of nitrogen functional groups attached to an aromatic ring is 1. The Bertz CT molecular complexity index is 1420. The van der Waals surface area contributed by atoms with Crippen molar-refractivity contribution in [2.45, 2.75) is 70.8 Å². The zero-order chi connectivity index (χ0) is 28.0. The maximum atomic E-state index is 13.3. The van der Waals surface area contributed by atoms with Crippen LogP contribution in [0.4, 0.5) is 11.1 Å². The topological polar surface area (TPSA) is 146 Å². The highest BCUT2D eigenvalue weighted by atomic mass is 32.1. The molecule has 1 aliphatic carbocycles. The second-order valence-electron chi connectivity index (χ2n) is 12.1. The van der Waals surface area contributed by atoms with Gasteiger partial charge in [-0.2, -0.15) is 5.10 Å². The average Bonchev–Trinajstić information content (AvgIpc) is 3.57. The molecule has 3 aromatic rings. The lowest BCUT2D eigenvalue weighted by molar-refractivity contribution is -0.132. The maximum absolute atomic E-state index is 13.3. The largest absolute Gasteiger partial charge is 0.368 e. The summed E-state index contributed by atoms with van der Waals surface area (Å²) in [6.07, 6.45) is 7.30. The molecule has 6 rings (SSSR count). The number of aromatic nitrogens is 5. The summed E-state index contributed by atoms with van der Waals surface area (Å²) in [5.41, 5.74) is 9.53. The molecule has 12 heteroatoms. The molecule has 212 valence electrons. The molecule has 2 saturated heterocycles. The number of nitrogens with one attached hydrogen (secondary N) is 2. The number of anilines is 2. The van der Waals surface area contributed by atoms with Gasteiger partial charge in [-0.25, -0.2) is 15.0 Å². The second kappa shape index (κ2) is 10.5. The molecule has 1 unspecified atom stereocenters. The Labute approximate surface area is 238 Å². The Morgan fingerprint density at radius 3 is 2.75 bits per heavy atom. The molecule has 3 aromatic heterocycles. The summed E-state index contributed by atoms with van der Waals surface area (Å²) >= 11 is 1.32. The van der Waals surface area contributed by atoms with Crippen molar-refractivity contribution in [1.29, 1.82) is 0 Å². The van der Waals surface area contributed by atoms with Crippen LogP contribution in [0.15, 0.2) is 11.6 Å². The van der Waals surface area contributed by atoms with Crippen molar-refractivity contribution >= 4 is 34.2 Å². The van der Waals surface area contributed by atoms with E-state index in [4.69, 9.17) is 5.73 Å². The van der Waals surface area contributed by atoms with Crippen molar-refractivity contribution < 1.29 is 9.59 Å². The zero-order valence-electron chi connectivity index (χ0n) is 23.4. The Kier molecular flexibility index (Phi) is 7.07. The molecule has 0 bridgehead atoms. The number of nitrogens with zero attached hydrogens (tertiary/aromatic N) is 6. The molecule has 0 saturated carbocycles. The van der Waals surface area contributed by atoms with Crippen molar-refractivity contribution in [2.75, 3.05) is 37.2 Å². The lowest BCUT2D eigenvalue weighted by atomic mass is 9.73. The molecule has 2 aliphatic heterocycles. The van der Waals surface area contributed by atoms with Gasteiger partial charge in [-0.3, -0.25) is 24.9 Å². The van der Waals surface area contributed by atoms with Crippen LogP contribution in [0.5, 0.6) is 0 Å². The number of piperidine rings is 2. The molecule has 0 spiro atoms. The molecule has 4 N–H and O–H groups in total. The van der Waals surface area contributed by atoms with E-state index in [-0.39, 0.29) is 29.6 Å². The highest BCUT2D eigenvalue weighted by Gasteiger charge is 2.39. The maximum Gasteiger partial charge on any atom is 0.275 e. The van der Waals surface area contributed by atoms with Gasteiger partial charge in [0.25, 0.3) is 5.91 Å². The van der Waals surface area contributed by atoms with Crippen LogP contribution in [-0.4, -0.2) is 79.0 Å². The van der Waals surface area contributed by atoms with Gasteiger partial charge in [0.15, 0.2) is 5.13 Å². The Balaban J connectivity index is 1.08. The van der Waals surface area contributed by atoms with E-state index in [1.54, 1.807) is 6.20 Å². The number of amides is 2. The molecule has 0 radical (unpaired) electrons. The monoisotopic (exact) mass is 563 g/mol. The van der Waals surface area contributed by atoms with Gasteiger partial charge in [0.2, 0.25) is 11.9 Å². The Morgan fingerprint density at radius 1 is 1.18 bits per heavy atom. The first kappa shape index (κ1) is 26.8. The quantitative estimate of drug-likeness (QED) is 0.429. The standard InChI is InChI=1S/C28H37N9O2S/c1-16-5-4-8-37(14-16)19-6-9-36(10-7-19)20(38)11-18-15-40-27(31-18)33-25(39)24-21-23(34-35-24)22-17(12-28(21,2)3)13-30-26(29)32-22/h13,15-16,19H,4-12,14H2,1-3H3,(H,34,35)(H2,29,30,32)(H,31,33,39). The van der Waals surface area contributed by atoms with Crippen molar-refractivity contribution in [1.82, 2.24) is 34.9 Å². The predicted octanol–water partition coefficient (Wildman–Crippen LogP) is 3.26. The number of hydrogen-bond acceptors (Lipinski definition) is 9. The van der Waals surface area contributed by atoms with Crippen LogP contribution < -0.4 is 11.1 Å². The van der Waals surface area contributed by atoms with Gasteiger partial charge in [-0.15, -0.1) is 11.3 Å². The van der Waals surface area contributed by atoms with Gasteiger partial charge >= 0.3 is 0 Å². The van der Waals surface area contributed by atoms with Gasteiger partial charge in [0.1, 0.15) is 11.4 Å². The number of rotatable bonds is 5. The molecular weight excluding hydrogens is 526 g/mol. The molecular formula is C28H37N9O2S. The van der Waals surface area contributed by atoms with Crippen molar-refractivity contribution in [3.8, 4) is 11.4 Å². The first-order valence-electron chi connectivity index (χ1n) is 14.2. The fourth-order valence-electron chi connectivity index (χ4n) is 6.57. The molecule has 1 atom stereocenters. The molecule has 5 heterocycles. The number of hydrogen-bond donors (Lipinski definition) is 3. The van der Waals surface area contributed by atoms with Crippen LogP contribution in [0, 0.1) is 5.92 Å². The minimum absolute atomic E-state index is 0.0953. The minimum Gasteiger partial charge on any atom is -0.368 e. The smallest absolute Gasteiger partial charge is 0.275 e. The van der Waals surface area contributed by atoms with Gasteiger partial charge < -0.3 is 10.6 Å². The minimum atomic E-state index is -0.359. The molecule has 2 fully saturated rings. The van der Waals surface area contributed by atoms with Crippen LogP contribution >= 0.6 is 11.3 Å². The first-order chi connectivity index (χ1) is 19.2. The van der Waals surface area contributed by atoms with Gasteiger partial charge in [0, 0.05) is 42.8 Å². The van der Waals surface area contributed by atoms with E-state index in [2.05, 4.69) is 56.1 Å². The number of carbonyl (C=O) groups excluding carboxylic acids is 2. The van der Waals surface area contributed by atoms with Crippen LogP contribution in [0.3, 0.4) is 0 Å². The lowest BCUT2D eigenvalue weighted by Gasteiger charge is -2.41. The highest BCUT2D eigenvalue weighted by molar-refractivity contribution is 7.14. The number of fused-ring (bicyclic) bond motifs is 3. The number of aromatic amines is 1. The summed E-state index contributed by atoms with van der Waals surface area (Å²) in [4.78, 5) is 44.0. The number of thiazole rings is 1. The third-order valence-electron chi connectivity index (χ3n) is 8.54. The number of H-pyrrole nitrogens is 1. The van der Waals surface area contributed by atoms with Crippen molar-refractivity contribution in [3.05, 3.63) is 34.1 Å². The van der Waals surface area contributed by atoms with E-state index in [0.29, 0.717) is 40.4 Å². The van der Waals surface area contributed by atoms with E-state index < -0.39 is 0 Å². The fraction of sp³-hybridized carbons (Fsp3) is 0.571. The summed E-state index contributed by atoms with van der Waals surface area (Å²) in [5.74, 6) is 0.708. The summed E-state index contributed by atoms with van der Waals surface area (Å²) in [6.45, 7) is 10.4. The van der Waals surface area contributed by atoms with Crippen LogP contribution in [0.1, 0.15) is 73.8 Å². The number of nitrogens with two attached hydrogens (primary N) is 1.